The molecule has 4 nitrogen and oxygen atoms in total. The van der Waals surface area contributed by atoms with Gasteiger partial charge >= 0.3 is 5.97 Å². The second-order valence-electron chi connectivity index (χ2n) is 2.60. The summed E-state index contributed by atoms with van der Waals surface area (Å²) >= 11 is 0. The van der Waals surface area contributed by atoms with Gasteiger partial charge in [0.2, 0.25) is 0 Å². The molecule has 76 valence electrons. The molecule has 0 saturated heterocycles. The lowest BCUT2D eigenvalue weighted by Gasteiger charge is -2.00. The summed E-state index contributed by atoms with van der Waals surface area (Å²) in [5.74, 6) is -1.53. The van der Waals surface area contributed by atoms with Crippen LogP contribution in [0.5, 0.6) is 5.75 Å². The minimum absolute atomic E-state index is 0. The quantitative estimate of drug-likeness (QED) is 0.450. The van der Waals surface area contributed by atoms with E-state index in [0.717, 1.165) is 0 Å². The molecule has 0 bridgehead atoms. The zero-order chi connectivity index (χ0) is 10.6. The van der Waals surface area contributed by atoms with Crippen LogP contribution in [0.2, 0.25) is 0 Å². The molecule has 1 N–H and O–H groups in total. The standard InChI is InChI=1S/C10H10O4.H2/c1-2-14-10(13)9(12)7-3-5-8(11)6-4-7;/h3-6,11H,2H2,1H3;1H. The minimum Gasteiger partial charge on any atom is -0.508 e. The SMILES string of the molecule is CCOC(=O)C(=O)c1ccc(O)cc1.[HH]. The maximum atomic E-state index is 11.3. The topological polar surface area (TPSA) is 63.6 Å². The molecule has 0 spiro atoms. The molecule has 0 unspecified atom stereocenters. The van der Waals surface area contributed by atoms with Gasteiger partial charge in [0.15, 0.2) is 0 Å². The number of rotatable bonds is 3. The number of esters is 1. The molecule has 0 aliphatic rings. The Labute approximate surface area is 82.6 Å². The van der Waals surface area contributed by atoms with Crippen LogP contribution in [0.4, 0.5) is 0 Å². The van der Waals surface area contributed by atoms with Crippen molar-refractivity contribution in [2.45, 2.75) is 6.92 Å². The molecule has 0 saturated carbocycles. The Kier molecular flexibility index (Phi) is 3.23. The Morgan fingerprint density at radius 3 is 2.43 bits per heavy atom. The first-order valence-corrected chi connectivity index (χ1v) is 4.15. The van der Waals surface area contributed by atoms with Crippen molar-refractivity contribution in [1.82, 2.24) is 0 Å². The van der Waals surface area contributed by atoms with Crippen molar-refractivity contribution >= 4 is 11.8 Å². The van der Waals surface area contributed by atoms with Crippen molar-refractivity contribution in [2.24, 2.45) is 0 Å². The predicted octanol–water partition coefficient (Wildman–Crippen LogP) is 1.38. The number of benzene rings is 1. The summed E-state index contributed by atoms with van der Waals surface area (Å²) in [7, 11) is 0. The fourth-order valence-corrected chi connectivity index (χ4v) is 0.927. The second kappa shape index (κ2) is 4.41. The van der Waals surface area contributed by atoms with E-state index in [1.807, 2.05) is 0 Å². The van der Waals surface area contributed by atoms with Gasteiger partial charge in [-0.05, 0) is 31.2 Å². The lowest BCUT2D eigenvalue weighted by Crippen LogP contribution is -2.17. The van der Waals surface area contributed by atoms with E-state index in [1.165, 1.54) is 24.3 Å². The highest BCUT2D eigenvalue weighted by Crippen LogP contribution is 2.10. The van der Waals surface area contributed by atoms with E-state index < -0.39 is 11.8 Å². The zero-order valence-corrected chi connectivity index (χ0v) is 7.69. The van der Waals surface area contributed by atoms with Crippen LogP contribution in [0.15, 0.2) is 24.3 Å². The van der Waals surface area contributed by atoms with Gasteiger partial charge < -0.3 is 9.84 Å². The summed E-state index contributed by atoms with van der Waals surface area (Å²) in [5, 5.41) is 8.95. The van der Waals surface area contributed by atoms with Crippen molar-refractivity contribution in [1.29, 1.82) is 0 Å². The normalized spacial score (nSPS) is 9.50. The van der Waals surface area contributed by atoms with Crippen LogP contribution >= 0.6 is 0 Å². The largest absolute Gasteiger partial charge is 0.508 e. The highest BCUT2D eigenvalue weighted by atomic mass is 16.5. The Hall–Kier alpha value is -1.84. The van der Waals surface area contributed by atoms with Crippen LogP contribution in [-0.4, -0.2) is 23.5 Å². The summed E-state index contributed by atoms with van der Waals surface area (Å²) in [6.45, 7) is 1.80. The molecule has 1 aromatic carbocycles. The molecular weight excluding hydrogens is 184 g/mol. The highest BCUT2D eigenvalue weighted by Gasteiger charge is 2.16. The van der Waals surface area contributed by atoms with Gasteiger partial charge in [0, 0.05) is 6.99 Å². The molecule has 4 heteroatoms. The number of aromatic hydroxyl groups is 1. The monoisotopic (exact) mass is 196 g/mol. The first-order chi connectivity index (χ1) is 6.65. The van der Waals surface area contributed by atoms with Crippen molar-refractivity contribution in [3.8, 4) is 5.75 Å². The average Bonchev–Trinajstić information content (AvgIpc) is 2.18. The zero-order valence-electron chi connectivity index (χ0n) is 7.69. The van der Waals surface area contributed by atoms with Crippen LogP contribution in [0.3, 0.4) is 0 Å². The molecule has 0 aromatic heterocycles. The van der Waals surface area contributed by atoms with E-state index in [2.05, 4.69) is 4.74 Å². The third kappa shape index (κ3) is 2.32. The van der Waals surface area contributed by atoms with Gasteiger partial charge in [-0.2, -0.15) is 0 Å². The number of hydrogen-bond donors (Lipinski definition) is 1. The number of phenols is 1. The Morgan fingerprint density at radius 2 is 1.93 bits per heavy atom. The van der Waals surface area contributed by atoms with Gasteiger partial charge in [0.05, 0.1) is 6.61 Å². The molecule has 0 aliphatic carbocycles. The van der Waals surface area contributed by atoms with E-state index in [-0.39, 0.29) is 19.3 Å². The van der Waals surface area contributed by atoms with E-state index in [4.69, 9.17) is 5.11 Å². The molecule has 1 aromatic rings. The van der Waals surface area contributed by atoms with Crippen LogP contribution in [0, 0.1) is 0 Å². The molecule has 0 aliphatic heterocycles. The van der Waals surface area contributed by atoms with Crippen molar-refractivity contribution < 1.29 is 20.9 Å². The smallest absolute Gasteiger partial charge is 0.379 e. The number of carbonyl (C=O) groups excluding carboxylic acids is 2. The summed E-state index contributed by atoms with van der Waals surface area (Å²) in [6, 6.07) is 5.42. The number of phenolic OH excluding ortho intramolecular Hbond substituents is 1. The van der Waals surface area contributed by atoms with Gasteiger partial charge in [-0.15, -0.1) is 0 Å². The molecule has 0 amide bonds. The van der Waals surface area contributed by atoms with Crippen molar-refractivity contribution in [3.05, 3.63) is 29.8 Å². The number of Topliss-reactive ketones (excluding diaryl/α,β-unsaturated/α-hetero) is 1. The van der Waals surface area contributed by atoms with Gasteiger partial charge in [0.25, 0.3) is 5.78 Å². The van der Waals surface area contributed by atoms with E-state index in [1.54, 1.807) is 6.92 Å². The molecule has 0 heterocycles. The summed E-state index contributed by atoms with van der Waals surface area (Å²) < 4.78 is 4.54. The maximum Gasteiger partial charge on any atom is 0.379 e. The number of ether oxygens (including phenoxy) is 1. The third-order valence-electron chi connectivity index (χ3n) is 1.59. The average molecular weight is 196 g/mol. The van der Waals surface area contributed by atoms with Crippen LogP contribution in [0.1, 0.15) is 18.7 Å². The molecule has 0 atom stereocenters. The molecule has 0 radical (unpaired) electrons. The van der Waals surface area contributed by atoms with E-state index in [0.29, 0.717) is 0 Å². The van der Waals surface area contributed by atoms with Crippen molar-refractivity contribution in [2.75, 3.05) is 6.61 Å². The van der Waals surface area contributed by atoms with E-state index in [9.17, 15) is 9.59 Å². The van der Waals surface area contributed by atoms with E-state index >= 15 is 0 Å². The van der Waals surface area contributed by atoms with Gasteiger partial charge in [-0.1, -0.05) is 0 Å². The second-order valence-corrected chi connectivity index (χ2v) is 2.60. The first kappa shape index (κ1) is 10.2. The third-order valence-corrected chi connectivity index (χ3v) is 1.59. The Bertz CT molecular complexity index is 345. The lowest BCUT2D eigenvalue weighted by molar-refractivity contribution is -0.137. The van der Waals surface area contributed by atoms with Crippen LogP contribution in [-0.2, 0) is 9.53 Å². The van der Waals surface area contributed by atoms with Crippen LogP contribution in [0.25, 0.3) is 0 Å². The predicted molar refractivity (Wildman–Crippen MR) is 51.2 cm³/mol. The van der Waals surface area contributed by atoms with Gasteiger partial charge in [-0.3, -0.25) is 4.79 Å². The Morgan fingerprint density at radius 1 is 1.36 bits per heavy atom. The fourth-order valence-electron chi connectivity index (χ4n) is 0.927. The maximum absolute atomic E-state index is 11.3. The summed E-state index contributed by atoms with van der Waals surface area (Å²) in [6.07, 6.45) is 0. The minimum atomic E-state index is -0.877. The van der Waals surface area contributed by atoms with Crippen LogP contribution < -0.4 is 0 Å². The molecular formula is C10H12O4. The highest BCUT2D eigenvalue weighted by molar-refractivity contribution is 6.40. The molecule has 0 fully saturated rings. The fraction of sp³-hybridized carbons (Fsp3) is 0.200. The van der Waals surface area contributed by atoms with Gasteiger partial charge in [-0.25, -0.2) is 4.79 Å². The molecule has 1 rings (SSSR count). The first-order valence-electron chi connectivity index (χ1n) is 4.15. The number of carbonyl (C=O) groups is 2. The van der Waals surface area contributed by atoms with Gasteiger partial charge in [0.1, 0.15) is 5.75 Å². The summed E-state index contributed by atoms with van der Waals surface area (Å²) in [4.78, 5) is 22.3. The number of ketones is 1. The van der Waals surface area contributed by atoms with Crippen molar-refractivity contribution in [3.63, 3.8) is 0 Å². The summed E-state index contributed by atoms with van der Waals surface area (Å²) in [5.41, 5.74) is 0.209. The molecule has 14 heavy (non-hydrogen) atoms. The Balaban J connectivity index is 0.00000196. The number of hydrogen-bond acceptors (Lipinski definition) is 4. The lowest BCUT2D eigenvalue weighted by atomic mass is 10.1.